The molecule has 0 aromatic carbocycles. The van der Waals surface area contributed by atoms with Crippen molar-refractivity contribution in [2.24, 2.45) is 11.8 Å². The number of carbonyl (C=O) groups excluding carboxylic acids is 4. The van der Waals surface area contributed by atoms with Crippen molar-refractivity contribution >= 4 is 39.5 Å². The molecule has 0 rings (SSSR count). The first-order valence-corrected chi connectivity index (χ1v) is 41.8. The van der Waals surface area contributed by atoms with E-state index in [1.54, 1.807) is 0 Å². The largest absolute Gasteiger partial charge is 0.472 e. The van der Waals surface area contributed by atoms with Crippen LogP contribution in [0.2, 0.25) is 0 Å². The van der Waals surface area contributed by atoms with Gasteiger partial charge in [0.15, 0.2) is 12.2 Å². The Morgan fingerprint density at radius 3 is 0.947 bits per heavy atom. The van der Waals surface area contributed by atoms with E-state index < -0.39 is 97.5 Å². The number of hydrogen-bond acceptors (Lipinski definition) is 15. The normalized spacial score (nSPS) is 14.5. The Bertz CT molecular complexity index is 1930. The number of carbonyl (C=O) groups is 4. The lowest BCUT2D eigenvalue weighted by Crippen LogP contribution is -2.30. The second-order valence-electron chi connectivity index (χ2n) is 27.4. The van der Waals surface area contributed by atoms with E-state index in [2.05, 4.69) is 65.8 Å². The zero-order valence-corrected chi connectivity index (χ0v) is 63.2. The Hall–Kier alpha value is -2.46. The average molecular weight is 1390 g/mol. The lowest BCUT2D eigenvalue weighted by Gasteiger charge is -2.21. The fourth-order valence-electron chi connectivity index (χ4n) is 11.1. The van der Waals surface area contributed by atoms with Crippen molar-refractivity contribution < 1.29 is 80.2 Å². The van der Waals surface area contributed by atoms with Crippen LogP contribution in [0.4, 0.5) is 0 Å². The summed E-state index contributed by atoms with van der Waals surface area (Å²) in [5.41, 5.74) is 0. The van der Waals surface area contributed by atoms with Crippen molar-refractivity contribution in [1.82, 2.24) is 0 Å². The van der Waals surface area contributed by atoms with Crippen LogP contribution in [0.1, 0.15) is 369 Å². The molecule has 0 saturated heterocycles. The van der Waals surface area contributed by atoms with Crippen LogP contribution in [-0.2, 0) is 65.4 Å². The van der Waals surface area contributed by atoms with Crippen LogP contribution in [0.3, 0.4) is 0 Å². The number of ether oxygens (including phenoxy) is 4. The summed E-state index contributed by atoms with van der Waals surface area (Å²) in [5.74, 6) is -0.587. The van der Waals surface area contributed by atoms with E-state index in [0.29, 0.717) is 31.6 Å². The summed E-state index contributed by atoms with van der Waals surface area (Å²) in [6, 6.07) is 0. The van der Waals surface area contributed by atoms with E-state index in [0.717, 1.165) is 115 Å². The van der Waals surface area contributed by atoms with Gasteiger partial charge in [0.25, 0.3) is 0 Å². The zero-order chi connectivity index (χ0) is 70.0. The number of hydrogen-bond donors (Lipinski definition) is 3. The van der Waals surface area contributed by atoms with E-state index in [1.807, 2.05) is 0 Å². The van der Waals surface area contributed by atoms with Crippen LogP contribution >= 0.6 is 15.6 Å². The zero-order valence-electron chi connectivity index (χ0n) is 61.5. The Labute approximate surface area is 580 Å². The lowest BCUT2D eigenvalue weighted by atomic mass is 9.99. The fraction of sp³-hybridized carbons (Fsp3) is 0.895. The van der Waals surface area contributed by atoms with Crippen LogP contribution in [0, 0.1) is 11.8 Å². The van der Waals surface area contributed by atoms with Crippen molar-refractivity contribution in [1.29, 1.82) is 0 Å². The molecule has 0 aliphatic rings. The molecule has 0 aliphatic carbocycles. The molecule has 0 radical (unpaired) electrons. The second-order valence-corrected chi connectivity index (χ2v) is 30.3. The van der Waals surface area contributed by atoms with Gasteiger partial charge in [-0.25, -0.2) is 9.13 Å². The molecule has 0 fully saturated rings. The minimum Gasteiger partial charge on any atom is -0.462 e. The molecule has 6 atom stereocenters. The predicted octanol–water partition coefficient (Wildman–Crippen LogP) is 21.9. The van der Waals surface area contributed by atoms with Crippen molar-refractivity contribution in [2.45, 2.75) is 387 Å². The van der Waals surface area contributed by atoms with E-state index >= 15 is 0 Å². The molecule has 3 N–H and O–H groups in total. The maximum atomic E-state index is 13.1. The molecule has 0 amide bonds. The molecular weight excluding hydrogens is 1250 g/mol. The summed E-state index contributed by atoms with van der Waals surface area (Å²) < 4.78 is 68.5. The third-order valence-corrected chi connectivity index (χ3v) is 19.3. The number of allylic oxidation sites excluding steroid dienone is 4. The highest BCUT2D eigenvalue weighted by molar-refractivity contribution is 7.47. The molecule has 95 heavy (non-hydrogen) atoms. The van der Waals surface area contributed by atoms with Gasteiger partial charge in [-0.3, -0.25) is 37.3 Å². The van der Waals surface area contributed by atoms with Gasteiger partial charge in [-0.05, 0) is 63.2 Å². The van der Waals surface area contributed by atoms with Crippen LogP contribution in [0.5, 0.6) is 0 Å². The number of aliphatic hydroxyl groups is 1. The minimum atomic E-state index is -4.96. The summed E-state index contributed by atoms with van der Waals surface area (Å²) >= 11 is 0. The van der Waals surface area contributed by atoms with Gasteiger partial charge in [0.05, 0.1) is 26.4 Å². The van der Waals surface area contributed by atoms with Crippen LogP contribution < -0.4 is 0 Å². The molecule has 0 heterocycles. The number of esters is 4. The quantitative estimate of drug-likeness (QED) is 0.0169. The van der Waals surface area contributed by atoms with Gasteiger partial charge in [0, 0.05) is 25.7 Å². The Morgan fingerprint density at radius 2 is 0.621 bits per heavy atom. The topological polar surface area (TPSA) is 237 Å². The predicted molar refractivity (Wildman–Crippen MR) is 386 cm³/mol. The maximum Gasteiger partial charge on any atom is 0.472 e. The van der Waals surface area contributed by atoms with E-state index in [-0.39, 0.29) is 25.7 Å². The van der Waals surface area contributed by atoms with Crippen molar-refractivity contribution in [3.63, 3.8) is 0 Å². The minimum absolute atomic E-state index is 0.101. The van der Waals surface area contributed by atoms with Crippen molar-refractivity contribution in [3.8, 4) is 0 Å². The maximum absolute atomic E-state index is 13.1. The highest BCUT2D eigenvalue weighted by Gasteiger charge is 2.30. The standard InChI is InChI=1S/C76H144O17P2/c1-7-10-12-14-16-18-20-21-22-26-30-34-41-47-53-59-74(79)87-64-71(92-75(80)60-54-48-42-35-31-27-24-23-25-29-32-39-45-51-57-69(6)9-3)66-90-94(82,83)88-62-70(77)63-89-95(84,85)91-67-72(93-76(81)61-55-49-43-37-36-38-44-50-56-68(4)5)65-86-73(78)58-52-46-40-33-28-19-17-15-13-11-8-2/h18,20-22,68-72,77H,7-17,19,23-67H2,1-6H3,(H,82,83)(H,84,85)/b20-18-,22-21-/t69?,70-,71-,72-/m1/s1. The summed E-state index contributed by atoms with van der Waals surface area (Å²) in [5, 5.41) is 10.6. The molecule has 0 aromatic heterocycles. The SMILES string of the molecule is CCCCCC/C=C\C=C/CCCCCCCC(=O)OC[C@H](COP(=O)(O)OC[C@@H](O)COP(=O)(O)OC[C@@H](COC(=O)CCCCCCCCCCCCC)OC(=O)CCCCCCCCCCC(C)C)OC(=O)CCCCCCCCCCCCCCCCC(C)CC. The van der Waals surface area contributed by atoms with Crippen molar-refractivity contribution in [2.75, 3.05) is 39.6 Å². The van der Waals surface area contributed by atoms with Crippen molar-refractivity contribution in [3.05, 3.63) is 24.3 Å². The van der Waals surface area contributed by atoms with Crippen LogP contribution in [0.15, 0.2) is 24.3 Å². The Morgan fingerprint density at radius 1 is 0.347 bits per heavy atom. The summed E-state index contributed by atoms with van der Waals surface area (Å²) in [7, 11) is -9.92. The van der Waals surface area contributed by atoms with Gasteiger partial charge in [-0.15, -0.1) is 0 Å². The van der Waals surface area contributed by atoms with Gasteiger partial charge < -0.3 is 33.8 Å². The van der Waals surface area contributed by atoms with E-state index in [1.165, 1.54) is 167 Å². The molecule has 560 valence electrons. The first-order valence-electron chi connectivity index (χ1n) is 38.8. The molecule has 19 heteroatoms. The fourth-order valence-corrected chi connectivity index (χ4v) is 12.7. The molecule has 3 unspecified atom stereocenters. The van der Waals surface area contributed by atoms with Crippen LogP contribution in [-0.4, -0.2) is 96.7 Å². The third kappa shape index (κ3) is 68.5. The molecule has 0 aromatic rings. The molecule has 0 bridgehead atoms. The summed E-state index contributed by atoms with van der Waals surface area (Å²) in [6.07, 6.45) is 57.6. The first kappa shape index (κ1) is 92.5. The Kier molecular flexibility index (Phi) is 65.6. The van der Waals surface area contributed by atoms with Gasteiger partial charge in [-0.1, -0.05) is 316 Å². The molecule has 0 aliphatic heterocycles. The van der Waals surface area contributed by atoms with E-state index in [4.69, 9.17) is 37.0 Å². The first-order chi connectivity index (χ1) is 45.9. The third-order valence-electron chi connectivity index (χ3n) is 17.4. The van der Waals surface area contributed by atoms with Gasteiger partial charge >= 0.3 is 39.5 Å². The van der Waals surface area contributed by atoms with Gasteiger partial charge in [-0.2, -0.15) is 0 Å². The highest BCUT2D eigenvalue weighted by Crippen LogP contribution is 2.45. The molecular formula is C76H144O17P2. The number of phosphoric ester groups is 2. The molecule has 0 spiro atoms. The van der Waals surface area contributed by atoms with Gasteiger partial charge in [0.1, 0.15) is 19.3 Å². The average Bonchev–Trinajstić information content (AvgIpc) is 2.28. The summed E-state index contributed by atoms with van der Waals surface area (Å²) in [4.78, 5) is 72.8. The monoisotopic (exact) mass is 1390 g/mol. The number of phosphoric acid groups is 2. The summed E-state index contributed by atoms with van der Waals surface area (Å²) in [6.45, 7) is 9.53. The molecule has 17 nitrogen and oxygen atoms in total. The Balaban J connectivity index is 5.28. The van der Waals surface area contributed by atoms with Gasteiger partial charge in [0.2, 0.25) is 0 Å². The number of rotatable bonds is 73. The highest BCUT2D eigenvalue weighted by atomic mass is 31.2. The van der Waals surface area contributed by atoms with Crippen LogP contribution in [0.25, 0.3) is 0 Å². The molecule has 0 saturated carbocycles. The number of unbranched alkanes of at least 4 members (excludes halogenated alkanes) is 39. The second kappa shape index (κ2) is 67.4. The number of aliphatic hydroxyl groups excluding tert-OH is 1. The lowest BCUT2D eigenvalue weighted by molar-refractivity contribution is -0.161. The smallest absolute Gasteiger partial charge is 0.462 e. The van der Waals surface area contributed by atoms with E-state index in [9.17, 15) is 43.2 Å².